The lowest BCUT2D eigenvalue weighted by Gasteiger charge is -1.98. The highest BCUT2D eigenvalue weighted by molar-refractivity contribution is 7.86. The molecular weight excluding hydrogens is 262 g/mol. The van der Waals surface area contributed by atoms with Crippen LogP contribution in [0.25, 0.3) is 0 Å². The summed E-state index contributed by atoms with van der Waals surface area (Å²) < 4.78 is 12.6. The highest BCUT2D eigenvalue weighted by Gasteiger charge is 2.09. The number of alkyl halides is 1. The fourth-order valence-corrected chi connectivity index (χ4v) is 3.62. The Morgan fingerprint density at radius 2 is 2.06 bits per heavy atom. The van der Waals surface area contributed by atoms with Crippen molar-refractivity contribution in [1.82, 2.24) is 4.98 Å². The molecule has 1 atom stereocenters. The zero-order valence-electron chi connectivity index (χ0n) is 8.43. The summed E-state index contributed by atoms with van der Waals surface area (Å²) in [6.45, 7) is 0. The van der Waals surface area contributed by atoms with Gasteiger partial charge in [0.15, 0.2) is 4.34 Å². The Morgan fingerprint density at radius 1 is 1.31 bits per heavy atom. The summed E-state index contributed by atoms with van der Waals surface area (Å²) in [7, 11) is -1.07. The van der Waals surface area contributed by atoms with Crippen LogP contribution in [-0.4, -0.2) is 9.19 Å². The molecule has 2 rings (SSSR count). The zero-order chi connectivity index (χ0) is 11.4. The van der Waals surface area contributed by atoms with Gasteiger partial charge >= 0.3 is 0 Å². The molecule has 0 aliphatic carbocycles. The summed E-state index contributed by atoms with van der Waals surface area (Å²) in [6.07, 6.45) is 1.69. The highest BCUT2D eigenvalue weighted by Crippen LogP contribution is 2.20. The summed E-state index contributed by atoms with van der Waals surface area (Å²) in [4.78, 5) is 5.07. The fraction of sp³-hybridized carbons (Fsp3) is 0.182. The molecule has 0 bridgehead atoms. The monoisotopic (exact) mass is 271 g/mol. The molecule has 2 aromatic rings. The molecule has 5 heteroatoms. The largest absolute Gasteiger partial charge is 0.252 e. The Kier molecular flexibility index (Phi) is 4.09. The van der Waals surface area contributed by atoms with Crippen LogP contribution in [0.15, 0.2) is 40.9 Å². The van der Waals surface area contributed by atoms with Gasteiger partial charge in [-0.2, -0.15) is 0 Å². The minimum atomic E-state index is -1.07. The van der Waals surface area contributed by atoms with Gasteiger partial charge in [-0.15, -0.1) is 22.9 Å². The molecule has 0 amide bonds. The topological polar surface area (TPSA) is 30.0 Å². The van der Waals surface area contributed by atoms with Gasteiger partial charge in [-0.3, -0.25) is 4.21 Å². The molecule has 1 aromatic carbocycles. The molecule has 1 unspecified atom stereocenters. The number of thiazole rings is 1. The Labute approximate surface area is 106 Å². The van der Waals surface area contributed by atoms with E-state index in [1.54, 1.807) is 6.20 Å². The van der Waals surface area contributed by atoms with Gasteiger partial charge in [-0.05, 0) is 5.56 Å². The minimum absolute atomic E-state index is 0.431. The van der Waals surface area contributed by atoms with Gasteiger partial charge in [-0.25, -0.2) is 4.98 Å². The van der Waals surface area contributed by atoms with Crippen molar-refractivity contribution in [1.29, 1.82) is 0 Å². The summed E-state index contributed by atoms with van der Waals surface area (Å²) >= 11 is 7.09. The van der Waals surface area contributed by atoms with Crippen molar-refractivity contribution in [2.24, 2.45) is 0 Å². The quantitative estimate of drug-likeness (QED) is 0.800. The molecular formula is C11H10ClNOS2. The van der Waals surface area contributed by atoms with Crippen LogP contribution in [0.5, 0.6) is 0 Å². The molecule has 1 aromatic heterocycles. The molecule has 0 aliphatic rings. The van der Waals surface area contributed by atoms with Crippen molar-refractivity contribution in [2.75, 3.05) is 0 Å². The van der Waals surface area contributed by atoms with E-state index in [2.05, 4.69) is 4.98 Å². The van der Waals surface area contributed by atoms with Gasteiger partial charge in [0.2, 0.25) is 0 Å². The van der Waals surface area contributed by atoms with Crippen LogP contribution < -0.4 is 0 Å². The Hall–Kier alpha value is -0.710. The SMILES string of the molecule is O=S(Cc1ccccc1)c1ncc(CCl)s1. The van der Waals surface area contributed by atoms with Crippen molar-refractivity contribution < 1.29 is 4.21 Å². The fourth-order valence-electron chi connectivity index (χ4n) is 1.24. The predicted molar refractivity (Wildman–Crippen MR) is 68.2 cm³/mol. The first-order valence-electron chi connectivity index (χ1n) is 4.72. The van der Waals surface area contributed by atoms with E-state index in [0.717, 1.165) is 10.4 Å². The minimum Gasteiger partial charge on any atom is -0.252 e. The van der Waals surface area contributed by atoms with Crippen molar-refractivity contribution in [3.63, 3.8) is 0 Å². The van der Waals surface area contributed by atoms with Gasteiger partial charge in [0.1, 0.15) is 0 Å². The third kappa shape index (κ3) is 2.90. The van der Waals surface area contributed by atoms with Crippen LogP contribution in [0.4, 0.5) is 0 Å². The first kappa shape index (κ1) is 11.8. The number of hydrogen-bond acceptors (Lipinski definition) is 3. The van der Waals surface area contributed by atoms with E-state index in [1.165, 1.54) is 11.3 Å². The molecule has 0 spiro atoms. The number of rotatable bonds is 4. The maximum Gasteiger partial charge on any atom is 0.181 e. The van der Waals surface area contributed by atoms with Gasteiger partial charge in [-0.1, -0.05) is 30.3 Å². The van der Waals surface area contributed by atoms with Gasteiger partial charge in [0.05, 0.1) is 22.4 Å². The number of nitrogens with zero attached hydrogens (tertiary/aromatic N) is 1. The van der Waals surface area contributed by atoms with Gasteiger partial charge in [0, 0.05) is 11.1 Å². The maximum atomic E-state index is 12.0. The van der Waals surface area contributed by atoms with Crippen LogP contribution in [0.3, 0.4) is 0 Å². The zero-order valence-corrected chi connectivity index (χ0v) is 10.8. The number of hydrogen-bond donors (Lipinski definition) is 0. The molecule has 84 valence electrons. The van der Waals surface area contributed by atoms with E-state index in [1.807, 2.05) is 30.3 Å². The third-order valence-corrected chi connectivity index (χ3v) is 5.14. The summed E-state index contributed by atoms with van der Waals surface area (Å²) in [5.74, 6) is 0.941. The predicted octanol–water partition coefficient (Wildman–Crippen LogP) is 3.19. The van der Waals surface area contributed by atoms with E-state index in [0.29, 0.717) is 16.0 Å². The van der Waals surface area contributed by atoms with Crippen molar-refractivity contribution in [2.45, 2.75) is 16.0 Å². The van der Waals surface area contributed by atoms with E-state index in [-0.39, 0.29) is 0 Å². The lowest BCUT2D eigenvalue weighted by Crippen LogP contribution is -1.95. The molecule has 0 radical (unpaired) electrons. The van der Waals surface area contributed by atoms with Crippen LogP contribution in [0.2, 0.25) is 0 Å². The summed E-state index contributed by atoms with van der Waals surface area (Å²) in [5.41, 5.74) is 1.06. The van der Waals surface area contributed by atoms with Crippen LogP contribution >= 0.6 is 22.9 Å². The molecule has 0 N–H and O–H groups in total. The second kappa shape index (κ2) is 5.57. The third-order valence-electron chi connectivity index (χ3n) is 2.00. The van der Waals surface area contributed by atoms with Crippen molar-refractivity contribution >= 4 is 33.7 Å². The molecule has 0 saturated heterocycles. The number of halogens is 1. The van der Waals surface area contributed by atoms with E-state index in [4.69, 9.17) is 11.6 Å². The van der Waals surface area contributed by atoms with Gasteiger partial charge in [0.25, 0.3) is 0 Å². The second-order valence-corrected chi connectivity index (χ2v) is 6.21. The second-order valence-electron chi connectivity index (χ2n) is 3.20. The van der Waals surface area contributed by atoms with Gasteiger partial charge < -0.3 is 0 Å². The van der Waals surface area contributed by atoms with Crippen LogP contribution in [0, 0.1) is 0 Å². The lowest BCUT2D eigenvalue weighted by atomic mass is 10.2. The molecule has 16 heavy (non-hydrogen) atoms. The van der Waals surface area contributed by atoms with E-state index in [9.17, 15) is 4.21 Å². The number of benzene rings is 1. The molecule has 0 saturated carbocycles. The molecule has 0 aliphatic heterocycles. The maximum absolute atomic E-state index is 12.0. The number of aromatic nitrogens is 1. The molecule has 1 heterocycles. The Balaban J connectivity index is 2.09. The standard InChI is InChI=1S/C11H10ClNOS2/c12-6-10-7-13-11(15-10)16(14)8-9-4-2-1-3-5-9/h1-5,7H,6,8H2. The van der Waals surface area contributed by atoms with Crippen LogP contribution in [-0.2, 0) is 22.4 Å². The van der Waals surface area contributed by atoms with Crippen LogP contribution in [0.1, 0.15) is 10.4 Å². The molecule has 0 fully saturated rings. The van der Waals surface area contributed by atoms with Crippen molar-refractivity contribution in [3.05, 3.63) is 47.0 Å². The normalized spacial score (nSPS) is 12.6. The summed E-state index contributed by atoms with van der Waals surface area (Å²) in [6, 6.07) is 9.76. The Morgan fingerprint density at radius 3 is 2.69 bits per heavy atom. The summed E-state index contributed by atoms with van der Waals surface area (Å²) in [5, 5.41) is 0. The lowest BCUT2D eigenvalue weighted by molar-refractivity contribution is 0.682. The average Bonchev–Trinajstić information content (AvgIpc) is 2.79. The first-order chi connectivity index (χ1) is 7.79. The Bertz CT molecular complexity index is 484. The van der Waals surface area contributed by atoms with E-state index < -0.39 is 10.8 Å². The average molecular weight is 272 g/mol. The molecule has 2 nitrogen and oxygen atoms in total. The van der Waals surface area contributed by atoms with Crippen molar-refractivity contribution in [3.8, 4) is 0 Å². The highest BCUT2D eigenvalue weighted by atomic mass is 35.5. The van der Waals surface area contributed by atoms with E-state index >= 15 is 0 Å². The smallest absolute Gasteiger partial charge is 0.181 e. The first-order valence-corrected chi connectivity index (χ1v) is 7.39.